The molecule has 1 aromatic heterocycles. The average molecular weight is 390 g/mol. The van der Waals surface area contributed by atoms with E-state index in [1.165, 1.54) is 51.3 Å². The quantitative estimate of drug-likeness (QED) is 0.739. The number of aromatic nitrogens is 2. The van der Waals surface area contributed by atoms with Gasteiger partial charge in [-0.05, 0) is 63.2 Å². The summed E-state index contributed by atoms with van der Waals surface area (Å²) in [5, 5.41) is 0. The highest BCUT2D eigenvalue weighted by atomic mass is 15.3. The second kappa shape index (κ2) is 8.17. The van der Waals surface area contributed by atoms with Crippen LogP contribution in [0.3, 0.4) is 0 Å². The molecule has 29 heavy (non-hydrogen) atoms. The Morgan fingerprint density at radius 1 is 0.931 bits per heavy atom. The molecule has 3 aromatic rings. The molecule has 5 heteroatoms. The molecule has 0 spiro atoms. The maximum absolute atomic E-state index is 4.77. The molecule has 5 nitrogen and oxygen atoms in total. The molecule has 0 radical (unpaired) electrons. The maximum atomic E-state index is 4.77. The molecule has 1 N–H and O–H groups in total. The highest BCUT2D eigenvalue weighted by Gasteiger charge is 2.23. The Balaban J connectivity index is 1.23. The summed E-state index contributed by atoms with van der Waals surface area (Å²) in [5.74, 6) is 1.84. The molecule has 0 unspecified atom stereocenters. The lowest BCUT2D eigenvalue weighted by atomic mass is 9.96. The lowest BCUT2D eigenvalue weighted by Crippen LogP contribution is -2.48. The predicted octanol–water partition coefficient (Wildman–Crippen LogP) is 3.69. The van der Waals surface area contributed by atoms with Crippen molar-refractivity contribution in [3.05, 3.63) is 48.5 Å². The van der Waals surface area contributed by atoms with E-state index in [1.54, 1.807) is 0 Å². The number of rotatable bonds is 4. The third kappa shape index (κ3) is 4.16. The number of H-pyrrole nitrogens is 1. The minimum atomic E-state index is 0.883. The van der Waals surface area contributed by atoms with E-state index in [0.717, 1.165) is 41.4 Å². The molecule has 3 heterocycles. The molecule has 0 amide bonds. The molecule has 2 aliphatic heterocycles. The Bertz CT molecular complexity index is 916. The van der Waals surface area contributed by atoms with Gasteiger partial charge < -0.3 is 14.8 Å². The number of hydrogen-bond donors (Lipinski definition) is 1. The van der Waals surface area contributed by atoms with E-state index in [4.69, 9.17) is 4.98 Å². The largest absolute Gasteiger partial charge is 0.369 e. The van der Waals surface area contributed by atoms with Crippen molar-refractivity contribution in [3.8, 4) is 11.4 Å². The minimum absolute atomic E-state index is 0.883. The normalized spacial score (nSPS) is 19.8. The Hall–Kier alpha value is -2.37. The van der Waals surface area contributed by atoms with Gasteiger partial charge in [0.25, 0.3) is 0 Å². The zero-order valence-corrected chi connectivity index (χ0v) is 17.3. The molecule has 0 bridgehead atoms. The molecule has 0 atom stereocenters. The molecular formula is C24H31N5. The van der Waals surface area contributed by atoms with Crippen LogP contribution in [0.5, 0.6) is 0 Å². The van der Waals surface area contributed by atoms with Gasteiger partial charge in [-0.2, -0.15) is 0 Å². The number of anilines is 1. The number of piperazine rings is 1. The summed E-state index contributed by atoms with van der Waals surface area (Å²) < 4.78 is 0. The number of nitrogens with zero attached hydrogens (tertiary/aromatic N) is 4. The zero-order chi connectivity index (χ0) is 19.6. The first-order valence-electron chi connectivity index (χ1n) is 11.0. The van der Waals surface area contributed by atoms with Gasteiger partial charge in [-0.3, -0.25) is 4.90 Å². The zero-order valence-electron chi connectivity index (χ0n) is 17.3. The number of hydrogen-bond acceptors (Lipinski definition) is 4. The Labute approximate surface area is 173 Å². The number of benzene rings is 2. The number of para-hydroxylation sites is 2. The molecule has 2 aliphatic rings. The van der Waals surface area contributed by atoms with Crippen molar-refractivity contribution in [2.24, 2.45) is 5.92 Å². The predicted molar refractivity (Wildman–Crippen MR) is 120 cm³/mol. The molecule has 2 fully saturated rings. The van der Waals surface area contributed by atoms with Crippen LogP contribution < -0.4 is 4.90 Å². The molecule has 2 aromatic carbocycles. The lowest BCUT2D eigenvalue weighted by molar-refractivity contribution is 0.155. The monoisotopic (exact) mass is 389 g/mol. The van der Waals surface area contributed by atoms with Crippen LogP contribution in [0.15, 0.2) is 48.5 Å². The Morgan fingerprint density at radius 3 is 2.52 bits per heavy atom. The second-order valence-electron chi connectivity index (χ2n) is 8.69. The van der Waals surface area contributed by atoms with Gasteiger partial charge in [0.2, 0.25) is 0 Å². The fourth-order valence-corrected chi connectivity index (χ4v) is 4.74. The number of nitrogens with one attached hydrogen (secondary N) is 1. The van der Waals surface area contributed by atoms with Crippen molar-refractivity contribution in [2.45, 2.75) is 12.8 Å². The van der Waals surface area contributed by atoms with E-state index in [9.17, 15) is 0 Å². The summed E-state index contributed by atoms with van der Waals surface area (Å²) in [5.41, 5.74) is 4.58. The first-order chi connectivity index (χ1) is 14.2. The van der Waals surface area contributed by atoms with E-state index in [1.807, 2.05) is 12.1 Å². The van der Waals surface area contributed by atoms with Gasteiger partial charge in [0.15, 0.2) is 0 Å². The van der Waals surface area contributed by atoms with E-state index in [2.05, 4.69) is 63.1 Å². The molecule has 2 saturated heterocycles. The van der Waals surface area contributed by atoms with Crippen LogP contribution in [0.1, 0.15) is 12.8 Å². The van der Waals surface area contributed by atoms with Gasteiger partial charge >= 0.3 is 0 Å². The number of likely N-dealkylation sites (tertiary alicyclic amines) is 1. The summed E-state index contributed by atoms with van der Waals surface area (Å²) >= 11 is 0. The topological polar surface area (TPSA) is 38.4 Å². The van der Waals surface area contributed by atoms with Crippen molar-refractivity contribution < 1.29 is 0 Å². The number of piperidine rings is 1. The van der Waals surface area contributed by atoms with E-state index >= 15 is 0 Å². The van der Waals surface area contributed by atoms with E-state index in [-0.39, 0.29) is 0 Å². The van der Waals surface area contributed by atoms with Gasteiger partial charge in [0, 0.05) is 44.0 Å². The van der Waals surface area contributed by atoms with E-state index < -0.39 is 0 Å². The lowest BCUT2D eigenvalue weighted by Gasteiger charge is -2.39. The fourth-order valence-electron chi connectivity index (χ4n) is 4.74. The first-order valence-corrected chi connectivity index (χ1v) is 11.0. The van der Waals surface area contributed by atoms with Gasteiger partial charge in [0.1, 0.15) is 5.82 Å². The molecular weight excluding hydrogens is 358 g/mol. The summed E-state index contributed by atoms with van der Waals surface area (Å²) in [6, 6.07) is 17.0. The Morgan fingerprint density at radius 2 is 1.72 bits per heavy atom. The van der Waals surface area contributed by atoms with Gasteiger partial charge in [-0.1, -0.05) is 24.3 Å². The van der Waals surface area contributed by atoms with Crippen molar-refractivity contribution in [2.75, 3.05) is 57.8 Å². The van der Waals surface area contributed by atoms with Crippen LogP contribution in [0.4, 0.5) is 5.69 Å². The second-order valence-corrected chi connectivity index (χ2v) is 8.69. The van der Waals surface area contributed by atoms with Crippen LogP contribution in [0.2, 0.25) is 0 Å². The van der Waals surface area contributed by atoms with Crippen molar-refractivity contribution in [3.63, 3.8) is 0 Å². The van der Waals surface area contributed by atoms with Crippen LogP contribution >= 0.6 is 0 Å². The smallest absolute Gasteiger partial charge is 0.138 e. The fraction of sp³-hybridized carbons (Fsp3) is 0.458. The van der Waals surface area contributed by atoms with E-state index in [0.29, 0.717) is 0 Å². The summed E-state index contributed by atoms with van der Waals surface area (Å²) in [4.78, 5) is 15.9. The highest BCUT2D eigenvalue weighted by molar-refractivity contribution is 5.79. The standard InChI is InChI=1S/C24H31N5/c1-27-11-9-19(10-12-27)18-28-13-15-29(16-14-28)21-6-4-5-20(17-21)24-25-22-7-2-3-8-23(22)26-24/h2-8,17,19H,9-16,18H2,1H3,(H,25,26). The first kappa shape index (κ1) is 18.6. The van der Waals surface area contributed by atoms with Crippen molar-refractivity contribution >= 4 is 16.7 Å². The van der Waals surface area contributed by atoms with Gasteiger partial charge in [-0.15, -0.1) is 0 Å². The van der Waals surface area contributed by atoms with Gasteiger partial charge in [-0.25, -0.2) is 4.98 Å². The van der Waals surface area contributed by atoms with Gasteiger partial charge in [0.05, 0.1) is 11.0 Å². The third-order valence-corrected chi connectivity index (χ3v) is 6.60. The van der Waals surface area contributed by atoms with Crippen LogP contribution in [-0.2, 0) is 0 Å². The maximum Gasteiger partial charge on any atom is 0.138 e. The molecule has 152 valence electrons. The molecule has 0 saturated carbocycles. The molecule has 5 rings (SSSR count). The molecule has 0 aliphatic carbocycles. The van der Waals surface area contributed by atoms with Crippen LogP contribution in [0, 0.1) is 5.92 Å². The van der Waals surface area contributed by atoms with Crippen molar-refractivity contribution in [1.82, 2.24) is 19.8 Å². The SMILES string of the molecule is CN1CCC(CN2CCN(c3cccc(-c4nc5ccccc5[nH]4)c3)CC2)CC1. The van der Waals surface area contributed by atoms with Crippen LogP contribution in [0.25, 0.3) is 22.4 Å². The number of imidazole rings is 1. The Kier molecular flexibility index (Phi) is 5.25. The van der Waals surface area contributed by atoms with Crippen LogP contribution in [-0.4, -0.2) is 72.6 Å². The summed E-state index contributed by atoms with van der Waals surface area (Å²) in [6.45, 7) is 8.36. The average Bonchev–Trinajstić information content (AvgIpc) is 3.20. The summed E-state index contributed by atoms with van der Waals surface area (Å²) in [6.07, 6.45) is 2.71. The third-order valence-electron chi connectivity index (χ3n) is 6.60. The minimum Gasteiger partial charge on any atom is -0.369 e. The summed E-state index contributed by atoms with van der Waals surface area (Å²) in [7, 11) is 2.24. The van der Waals surface area contributed by atoms with Crippen molar-refractivity contribution in [1.29, 1.82) is 0 Å². The number of aromatic amines is 1. The number of fused-ring (bicyclic) bond motifs is 1. The highest BCUT2D eigenvalue weighted by Crippen LogP contribution is 2.26.